The van der Waals surface area contributed by atoms with Crippen molar-refractivity contribution in [2.24, 2.45) is 0 Å². The lowest BCUT2D eigenvalue weighted by atomic mass is 10.3. The Morgan fingerprint density at radius 1 is 1.37 bits per heavy atom. The van der Waals surface area contributed by atoms with Gasteiger partial charge in [0.1, 0.15) is 12.0 Å². The fourth-order valence-electron chi connectivity index (χ4n) is 1.69. The van der Waals surface area contributed by atoms with Crippen LogP contribution < -0.4 is 10.2 Å². The van der Waals surface area contributed by atoms with Crippen molar-refractivity contribution in [3.05, 3.63) is 29.9 Å². The number of nitrogens with one attached hydrogen (secondary N) is 1. The van der Waals surface area contributed by atoms with Crippen molar-refractivity contribution in [1.82, 2.24) is 15.0 Å². The van der Waals surface area contributed by atoms with Gasteiger partial charge in [-0.1, -0.05) is 0 Å². The maximum Gasteiger partial charge on any atom is 0.293 e. The number of amides is 1. The van der Waals surface area contributed by atoms with Gasteiger partial charge in [0.25, 0.3) is 5.91 Å². The number of hydrogen-bond donors (Lipinski definition) is 1. The molecular formula is C12H15N5O2. The molecule has 0 bridgehead atoms. The van der Waals surface area contributed by atoms with E-state index in [9.17, 15) is 4.79 Å². The molecule has 100 valence electrons. The zero-order valence-electron chi connectivity index (χ0n) is 11.3. The Bertz CT molecular complexity index is 606. The summed E-state index contributed by atoms with van der Waals surface area (Å²) in [5, 5.41) is 2.72. The van der Waals surface area contributed by atoms with Crippen LogP contribution in [-0.4, -0.2) is 35.0 Å². The molecule has 2 heterocycles. The summed E-state index contributed by atoms with van der Waals surface area (Å²) in [6.07, 6.45) is 2.97. The molecule has 0 atom stereocenters. The number of aromatic nitrogens is 3. The lowest BCUT2D eigenvalue weighted by Gasteiger charge is -2.15. The third-order valence-electron chi connectivity index (χ3n) is 2.47. The van der Waals surface area contributed by atoms with E-state index in [2.05, 4.69) is 20.3 Å². The molecule has 0 aliphatic rings. The summed E-state index contributed by atoms with van der Waals surface area (Å²) in [6, 6.07) is 0. The molecule has 0 aliphatic carbocycles. The molecule has 1 N–H and O–H groups in total. The van der Waals surface area contributed by atoms with Crippen LogP contribution in [0.15, 0.2) is 16.9 Å². The number of carbonyl (C=O) groups excluding carboxylic acids is 1. The van der Waals surface area contributed by atoms with E-state index in [0.717, 1.165) is 0 Å². The quantitative estimate of drug-likeness (QED) is 0.899. The highest BCUT2D eigenvalue weighted by Crippen LogP contribution is 2.20. The normalized spacial score (nSPS) is 10.3. The number of anilines is 2. The van der Waals surface area contributed by atoms with Crippen LogP contribution in [0.4, 0.5) is 11.5 Å². The van der Waals surface area contributed by atoms with E-state index in [1.165, 1.54) is 6.33 Å². The Hall–Kier alpha value is -2.44. The van der Waals surface area contributed by atoms with Crippen molar-refractivity contribution in [3.63, 3.8) is 0 Å². The van der Waals surface area contributed by atoms with E-state index in [4.69, 9.17) is 4.42 Å². The zero-order valence-corrected chi connectivity index (χ0v) is 11.3. The molecule has 0 fully saturated rings. The van der Waals surface area contributed by atoms with Gasteiger partial charge in [0.2, 0.25) is 5.76 Å². The van der Waals surface area contributed by atoms with Gasteiger partial charge in [-0.25, -0.2) is 15.0 Å². The van der Waals surface area contributed by atoms with Crippen molar-refractivity contribution in [3.8, 4) is 0 Å². The van der Waals surface area contributed by atoms with Crippen molar-refractivity contribution < 1.29 is 9.21 Å². The van der Waals surface area contributed by atoms with Crippen molar-refractivity contribution >= 4 is 17.4 Å². The highest BCUT2D eigenvalue weighted by molar-refractivity contribution is 6.04. The maximum atomic E-state index is 12.1. The van der Waals surface area contributed by atoms with Gasteiger partial charge in [-0.05, 0) is 6.92 Å². The standard InChI is InChI=1S/C12H15N5O2/c1-7-10(19-8(2)15-7)12(18)16-9-5-13-6-14-11(9)17(3)4/h5-6H,1-4H3,(H,16,18). The molecule has 7 nitrogen and oxygen atoms in total. The van der Waals surface area contributed by atoms with Crippen LogP contribution in [-0.2, 0) is 0 Å². The lowest BCUT2D eigenvalue weighted by molar-refractivity contribution is 0.0994. The number of nitrogens with zero attached hydrogens (tertiary/aromatic N) is 4. The van der Waals surface area contributed by atoms with Crippen molar-refractivity contribution in [2.75, 3.05) is 24.3 Å². The zero-order chi connectivity index (χ0) is 14.0. The van der Waals surface area contributed by atoms with E-state index in [-0.39, 0.29) is 11.7 Å². The van der Waals surface area contributed by atoms with Crippen LogP contribution in [0.1, 0.15) is 22.1 Å². The topological polar surface area (TPSA) is 84.2 Å². The Balaban J connectivity index is 2.27. The van der Waals surface area contributed by atoms with E-state index in [0.29, 0.717) is 23.1 Å². The summed E-state index contributed by atoms with van der Waals surface area (Å²) in [6.45, 7) is 3.42. The smallest absolute Gasteiger partial charge is 0.293 e. The van der Waals surface area contributed by atoms with Crippen LogP contribution in [0, 0.1) is 13.8 Å². The molecule has 0 saturated carbocycles. The minimum atomic E-state index is -0.365. The van der Waals surface area contributed by atoms with Gasteiger partial charge in [0.05, 0.1) is 11.9 Å². The molecule has 0 radical (unpaired) electrons. The first kappa shape index (κ1) is 13.0. The third kappa shape index (κ3) is 2.70. The van der Waals surface area contributed by atoms with E-state index in [1.54, 1.807) is 24.9 Å². The number of oxazole rings is 1. The summed E-state index contributed by atoms with van der Waals surface area (Å²) >= 11 is 0. The molecule has 1 amide bonds. The highest BCUT2D eigenvalue weighted by Gasteiger charge is 2.18. The summed E-state index contributed by atoms with van der Waals surface area (Å²) in [4.78, 5) is 26.0. The maximum absolute atomic E-state index is 12.1. The second-order valence-corrected chi connectivity index (χ2v) is 4.26. The van der Waals surface area contributed by atoms with Crippen molar-refractivity contribution in [1.29, 1.82) is 0 Å². The van der Waals surface area contributed by atoms with E-state index in [1.807, 2.05) is 14.1 Å². The fourth-order valence-corrected chi connectivity index (χ4v) is 1.69. The van der Waals surface area contributed by atoms with Crippen LogP contribution in [0.2, 0.25) is 0 Å². The van der Waals surface area contributed by atoms with Gasteiger partial charge >= 0.3 is 0 Å². The summed E-state index contributed by atoms with van der Waals surface area (Å²) in [5.74, 6) is 0.916. The molecule has 0 spiro atoms. The van der Waals surface area contributed by atoms with Crippen molar-refractivity contribution in [2.45, 2.75) is 13.8 Å². The largest absolute Gasteiger partial charge is 0.436 e. The minimum absolute atomic E-state index is 0.200. The van der Waals surface area contributed by atoms with Crippen LogP contribution in [0.25, 0.3) is 0 Å². The van der Waals surface area contributed by atoms with Gasteiger partial charge in [-0.3, -0.25) is 4.79 Å². The first-order valence-electron chi connectivity index (χ1n) is 5.71. The molecule has 0 saturated heterocycles. The first-order chi connectivity index (χ1) is 8.99. The molecule has 0 aromatic carbocycles. The average molecular weight is 261 g/mol. The Morgan fingerprint density at radius 3 is 2.68 bits per heavy atom. The van der Waals surface area contributed by atoms with Gasteiger partial charge in [0.15, 0.2) is 11.7 Å². The second-order valence-electron chi connectivity index (χ2n) is 4.26. The molecule has 7 heteroatoms. The molecule has 2 rings (SSSR count). The molecule has 2 aromatic rings. The molecule has 0 unspecified atom stereocenters. The molecule has 0 aliphatic heterocycles. The number of carbonyl (C=O) groups is 1. The SMILES string of the molecule is Cc1nc(C)c(C(=O)Nc2cncnc2N(C)C)o1. The average Bonchev–Trinajstić information content (AvgIpc) is 2.69. The first-order valence-corrected chi connectivity index (χ1v) is 5.71. The van der Waals surface area contributed by atoms with Crippen LogP contribution in [0.3, 0.4) is 0 Å². The number of rotatable bonds is 3. The highest BCUT2D eigenvalue weighted by atomic mass is 16.4. The van der Waals surface area contributed by atoms with E-state index < -0.39 is 0 Å². The summed E-state index contributed by atoms with van der Waals surface area (Å²) < 4.78 is 5.27. The summed E-state index contributed by atoms with van der Waals surface area (Å²) in [7, 11) is 3.67. The number of hydrogen-bond acceptors (Lipinski definition) is 6. The van der Waals surface area contributed by atoms with Crippen LogP contribution >= 0.6 is 0 Å². The molecular weight excluding hydrogens is 246 g/mol. The predicted molar refractivity (Wildman–Crippen MR) is 70.3 cm³/mol. The van der Waals surface area contributed by atoms with Gasteiger partial charge < -0.3 is 14.6 Å². The Morgan fingerprint density at radius 2 is 2.11 bits per heavy atom. The van der Waals surface area contributed by atoms with Gasteiger partial charge in [0, 0.05) is 21.0 Å². The molecule has 2 aromatic heterocycles. The Kier molecular flexibility index (Phi) is 3.46. The third-order valence-corrected chi connectivity index (χ3v) is 2.47. The monoisotopic (exact) mass is 261 g/mol. The fraction of sp³-hybridized carbons (Fsp3) is 0.333. The van der Waals surface area contributed by atoms with Gasteiger partial charge in [-0.2, -0.15) is 0 Å². The number of aryl methyl sites for hydroxylation is 2. The summed E-state index contributed by atoms with van der Waals surface area (Å²) in [5.41, 5.74) is 1.07. The second kappa shape index (κ2) is 5.05. The minimum Gasteiger partial charge on any atom is -0.436 e. The Labute approximate surface area is 110 Å². The lowest BCUT2D eigenvalue weighted by Crippen LogP contribution is -2.18. The van der Waals surface area contributed by atoms with Crippen LogP contribution in [0.5, 0.6) is 0 Å². The van der Waals surface area contributed by atoms with Gasteiger partial charge in [-0.15, -0.1) is 0 Å². The molecule has 19 heavy (non-hydrogen) atoms. The van der Waals surface area contributed by atoms with E-state index >= 15 is 0 Å². The predicted octanol–water partition coefficient (Wildman–Crippen LogP) is 1.40.